The molecule has 1 aliphatic rings. The molecule has 0 spiro atoms. The van der Waals surface area contributed by atoms with Crippen LogP contribution in [0, 0.1) is 17.1 Å². The molecule has 0 N–H and O–H groups in total. The maximum absolute atomic E-state index is 14.1. The minimum Gasteiger partial charge on any atom is -0.367 e. The first-order valence-electron chi connectivity index (χ1n) is 7.32. The molecule has 0 bridgehead atoms. The number of piperazine rings is 1. The van der Waals surface area contributed by atoms with Crippen molar-refractivity contribution in [1.82, 2.24) is 9.88 Å². The number of pyridine rings is 1. The largest absolute Gasteiger partial charge is 0.367 e. The highest BCUT2D eigenvalue weighted by Crippen LogP contribution is 2.22. The van der Waals surface area contributed by atoms with E-state index in [4.69, 9.17) is 5.26 Å². The van der Waals surface area contributed by atoms with Gasteiger partial charge in [0.25, 0.3) is 0 Å². The highest BCUT2D eigenvalue weighted by molar-refractivity contribution is 5.51. The molecule has 1 fully saturated rings. The summed E-state index contributed by atoms with van der Waals surface area (Å²) in [4.78, 5) is 8.42. The van der Waals surface area contributed by atoms with Crippen molar-refractivity contribution in [2.24, 2.45) is 0 Å². The number of nitrogens with zero attached hydrogens (tertiary/aromatic N) is 4. The van der Waals surface area contributed by atoms with Gasteiger partial charge in [-0.25, -0.2) is 4.39 Å². The minimum absolute atomic E-state index is 0.318. The Balaban J connectivity index is 1.61. The highest BCUT2D eigenvalue weighted by Gasteiger charge is 2.19. The van der Waals surface area contributed by atoms with Crippen molar-refractivity contribution in [3.05, 3.63) is 59.7 Å². The van der Waals surface area contributed by atoms with Gasteiger partial charge in [-0.3, -0.25) is 9.88 Å². The van der Waals surface area contributed by atoms with Gasteiger partial charge in [-0.1, -0.05) is 0 Å². The van der Waals surface area contributed by atoms with E-state index in [0.29, 0.717) is 11.3 Å². The summed E-state index contributed by atoms with van der Waals surface area (Å²) < 4.78 is 14.1. The van der Waals surface area contributed by atoms with Crippen LogP contribution in [-0.2, 0) is 6.54 Å². The van der Waals surface area contributed by atoms with Crippen molar-refractivity contribution in [3.8, 4) is 6.07 Å². The summed E-state index contributed by atoms with van der Waals surface area (Å²) in [5.41, 5.74) is 2.19. The molecule has 2 aromatic rings. The molecule has 5 heteroatoms. The van der Waals surface area contributed by atoms with Gasteiger partial charge in [0.1, 0.15) is 5.82 Å². The topological polar surface area (TPSA) is 43.2 Å². The Hall–Kier alpha value is -2.45. The van der Waals surface area contributed by atoms with Gasteiger partial charge in [0.2, 0.25) is 0 Å². The van der Waals surface area contributed by atoms with Crippen molar-refractivity contribution in [2.45, 2.75) is 6.54 Å². The average Bonchev–Trinajstić information content (AvgIpc) is 2.56. The first-order chi connectivity index (χ1) is 10.8. The van der Waals surface area contributed by atoms with Gasteiger partial charge in [0.15, 0.2) is 0 Å². The Labute approximate surface area is 129 Å². The zero-order valence-electron chi connectivity index (χ0n) is 12.2. The summed E-state index contributed by atoms with van der Waals surface area (Å²) in [6.07, 6.45) is 3.61. The maximum Gasteiger partial charge on any atom is 0.147 e. The molecule has 112 valence electrons. The smallest absolute Gasteiger partial charge is 0.147 e. The lowest BCUT2D eigenvalue weighted by Crippen LogP contribution is -2.46. The van der Waals surface area contributed by atoms with E-state index < -0.39 is 0 Å². The van der Waals surface area contributed by atoms with Gasteiger partial charge in [-0.15, -0.1) is 0 Å². The first-order valence-corrected chi connectivity index (χ1v) is 7.32. The van der Waals surface area contributed by atoms with E-state index in [1.165, 1.54) is 11.6 Å². The molecule has 1 saturated heterocycles. The fourth-order valence-corrected chi connectivity index (χ4v) is 2.73. The van der Waals surface area contributed by atoms with Gasteiger partial charge in [-0.2, -0.15) is 5.26 Å². The number of aromatic nitrogens is 1. The summed E-state index contributed by atoms with van der Waals surface area (Å²) in [6.45, 7) is 4.25. The predicted molar refractivity (Wildman–Crippen MR) is 82.8 cm³/mol. The molecule has 1 aromatic heterocycles. The van der Waals surface area contributed by atoms with Gasteiger partial charge in [0.05, 0.1) is 17.3 Å². The van der Waals surface area contributed by atoms with Gasteiger partial charge < -0.3 is 4.90 Å². The van der Waals surface area contributed by atoms with Gasteiger partial charge in [0, 0.05) is 45.1 Å². The number of nitriles is 1. The van der Waals surface area contributed by atoms with Gasteiger partial charge in [-0.05, 0) is 35.9 Å². The molecule has 0 saturated carbocycles. The molecule has 1 aromatic carbocycles. The molecular formula is C17H17FN4. The Morgan fingerprint density at radius 3 is 2.45 bits per heavy atom. The SMILES string of the molecule is N#Cc1ccc(N2CCN(Cc3ccncc3)CC2)c(F)c1. The van der Waals surface area contributed by atoms with Crippen LogP contribution in [0.15, 0.2) is 42.7 Å². The zero-order chi connectivity index (χ0) is 15.4. The first kappa shape index (κ1) is 14.5. The lowest BCUT2D eigenvalue weighted by Gasteiger charge is -2.36. The summed E-state index contributed by atoms with van der Waals surface area (Å²) in [7, 11) is 0. The van der Waals surface area contributed by atoms with Crippen molar-refractivity contribution in [3.63, 3.8) is 0 Å². The third-order valence-corrected chi connectivity index (χ3v) is 3.95. The normalized spacial score (nSPS) is 15.5. The van der Waals surface area contributed by atoms with Crippen LogP contribution in [0.1, 0.15) is 11.1 Å². The average molecular weight is 296 g/mol. The second-order valence-electron chi connectivity index (χ2n) is 5.40. The van der Waals surface area contributed by atoms with Crippen molar-refractivity contribution in [1.29, 1.82) is 5.26 Å². The number of hydrogen-bond acceptors (Lipinski definition) is 4. The Morgan fingerprint density at radius 1 is 1.09 bits per heavy atom. The van der Waals surface area contributed by atoms with Crippen molar-refractivity contribution < 1.29 is 4.39 Å². The van der Waals surface area contributed by atoms with E-state index in [1.807, 2.05) is 23.1 Å². The lowest BCUT2D eigenvalue weighted by molar-refractivity contribution is 0.249. The second kappa shape index (κ2) is 6.54. The van der Waals surface area contributed by atoms with Crippen molar-refractivity contribution >= 4 is 5.69 Å². The minimum atomic E-state index is -0.318. The van der Waals surface area contributed by atoms with Crippen LogP contribution in [0.4, 0.5) is 10.1 Å². The fraction of sp³-hybridized carbons (Fsp3) is 0.294. The van der Waals surface area contributed by atoms with E-state index in [1.54, 1.807) is 24.5 Å². The Kier molecular flexibility index (Phi) is 4.31. The monoisotopic (exact) mass is 296 g/mol. The summed E-state index contributed by atoms with van der Waals surface area (Å²) in [6, 6.07) is 10.7. The Bertz CT molecular complexity index is 673. The fourth-order valence-electron chi connectivity index (χ4n) is 2.73. The van der Waals surface area contributed by atoms with E-state index in [0.717, 1.165) is 32.7 Å². The molecule has 0 aliphatic carbocycles. The highest BCUT2D eigenvalue weighted by atomic mass is 19.1. The van der Waals surface area contributed by atoms with Crippen LogP contribution in [0.3, 0.4) is 0 Å². The molecule has 0 atom stereocenters. The molecule has 0 amide bonds. The molecule has 1 aliphatic heterocycles. The van der Waals surface area contributed by atoms with E-state index in [-0.39, 0.29) is 5.82 Å². The third-order valence-electron chi connectivity index (χ3n) is 3.95. The number of halogens is 1. The van der Waals surface area contributed by atoms with Crippen LogP contribution >= 0.6 is 0 Å². The quantitative estimate of drug-likeness (QED) is 0.872. The van der Waals surface area contributed by atoms with Crippen LogP contribution in [-0.4, -0.2) is 36.1 Å². The molecule has 4 nitrogen and oxygen atoms in total. The standard InChI is InChI=1S/C17H17FN4/c18-16-11-15(12-19)1-2-17(16)22-9-7-21(8-10-22)13-14-3-5-20-6-4-14/h1-6,11H,7-10,13H2. The zero-order valence-corrected chi connectivity index (χ0v) is 12.2. The number of rotatable bonds is 3. The van der Waals surface area contributed by atoms with Crippen LogP contribution in [0.5, 0.6) is 0 Å². The van der Waals surface area contributed by atoms with E-state index in [9.17, 15) is 4.39 Å². The second-order valence-corrected chi connectivity index (χ2v) is 5.40. The third kappa shape index (κ3) is 3.23. The molecule has 3 rings (SSSR count). The molecule has 22 heavy (non-hydrogen) atoms. The van der Waals surface area contributed by atoms with Crippen LogP contribution in [0.2, 0.25) is 0 Å². The number of hydrogen-bond donors (Lipinski definition) is 0. The van der Waals surface area contributed by atoms with Crippen LogP contribution in [0.25, 0.3) is 0 Å². The number of anilines is 1. The van der Waals surface area contributed by atoms with Crippen molar-refractivity contribution in [2.75, 3.05) is 31.1 Å². The summed E-state index contributed by atoms with van der Waals surface area (Å²) >= 11 is 0. The predicted octanol–water partition coefficient (Wildman–Crippen LogP) is 2.41. The maximum atomic E-state index is 14.1. The summed E-state index contributed by atoms with van der Waals surface area (Å²) in [5.74, 6) is -0.318. The molecule has 2 heterocycles. The lowest BCUT2D eigenvalue weighted by atomic mass is 10.1. The van der Waals surface area contributed by atoms with E-state index >= 15 is 0 Å². The van der Waals surface area contributed by atoms with Crippen LogP contribution < -0.4 is 4.90 Å². The summed E-state index contributed by atoms with van der Waals surface area (Å²) in [5, 5.41) is 8.80. The van der Waals surface area contributed by atoms with E-state index in [2.05, 4.69) is 9.88 Å². The number of benzene rings is 1. The van der Waals surface area contributed by atoms with Gasteiger partial charge >= 0.3 is 0 Å². The Morgan fingerprint density at radius 2 is 1.82 bits per heavy atom. The molecule has 0 unspecified atom stereocenters. The molecule has 0 radical (unpaired) electrons. The molecular weight excluding hydrogens is 279 g/mol.